The zero-order valence-corrected chi connectivity index (χ0v) is 23.5. The summed E-state index contributed by atoms with van der Waals surface area (Å²) >= 11 is 0. The zero-order chi connectivity index (χ0) is 27.5. The summed E-state index contributed by atoms with van der Waals surface area (Å²) in [5.41, 5.74) is -0.169. The summed E-state index contributed by atoms with van der Waals surface area (Å²) in [5.74, 6) is 0.727. The summed E-state index contributed by atoms with van der Waals surface area (Å²) in [7, 11) is 1.48. The maximum Gasteiger partial charge on any atom is 0.331 e. The van der Waals surface area contributed by atoms with Crippen LogP contribution in [-0.2, 0) is 28.5 Å². The number of carbonyl (C=O) groups is 1. The molecule has 4 saturated carbocycles. The predicted octanol–water partition coefficient (Wildman–Crippen LogP) is 2.10. The Bertz CT molecular complexity index is 1050. The first-order valence-electron chi connectivity index (χ1n) is 15.0. The minimum atomic E-state index is -1.05. The van der Waals surface area contributed by atoms with Crippen molar-refractivity contribution in [1.82, 2.24) is 0 Å². The summed E-state index contributed by atoms with van der Waals surface area (Å²) in [6, 6.07) is 0. The third-order valence-corrected chi connectivity index (χ3v) is 12.6. The van der Waals surface area contributed by atoms with Crippen molar-refractivity contribution in [2.24, 2.45) is 34.5 Å². The fourth-order valence-corrected chi connectivity index (χ4v) is 10.4. The normalized spacial score (nSPS) is 58.0. The fourth-order valence-electron chi connectivity index (χ4n) is 10.4. The Kier molecular flexibility index (Phi) is 6.16. The van der Waals surface area contributed by atoms with Crippen molar-refractivity contribution in [1.29, 1.82) is 0 Å². The van der Waals surface area contributed by atoms with Gasteiger partial charge >= 0.3 is 5.97 Å². The SMILES string of the molecule is CO[C@@H]1[C@@H](O)[C@H](C)O[C@@H](O[C@H]2CC[C@]3(C)C4C(CC[C@@H]3C2)[C@@]2(O)CC[C@@H](C3=CC(=O)OC3)[C@@]2(C)[C@H]2O[C@@H]42)[C@@H]1O. The topological polar surface area (TPSA) is 127 Å². The van der Waals surface area contributed by atoms with Gasteiger partial charge in [-0.25, -0.2) is 4.79 Å². The maximum absolute atomic E-state index is 12.5. The summed E-state index contributed by atoms with van der Waals surface area (Å²) in [6.45, 7) is 6.71. The van der Waals surface area contributed by atoms with Crippen LogP contribution in [0.1, 0.15) is 65.7 Å². The van der Waals surface area contributed by atoms with Gasteiger partial charge in [0.2, 0.25) is 0 Å². The molecule has 9 nitrogen and oxygen atoms in total. The monoisotopic (exact) mass is 548 g/mol. The predicted molar refractivity (Wildman–Crippen MR) is 137 cm³/mol. The van der Waals surface area contributed by atoms with Gasteiger partial charge in [0.1, 0.15) is 24.9 Å². The van der Waals surface area contributed by atoms with Crippen LogP contribution in [0.25, 0.3) is 0 Å². The largest absolute Gasteiger partial charge is 0.458 e. The maximum atomic E-state index is 12.5. The third kappa shape index (κ3) is 3.60. The minimum Gasteiger partial charge on any atom is -0.458 e. The van der Waals surface area contributed by atoms with Gasteiger partial charge in [-0.1, -0.05) is 13.8 Å². The van der Waals surface area contributed by atoms with Crippen molar-refractivity contribution in [3.8, 4) is 0 Å². The molecule has 7 rings (SSSR count). The number of esters is 1. The lowest BCUT2D eigenvalue weighted by atomic mass is 9.43. The number of rotatable bonds is 4. The second-order valence-electron chi connectivity index (χ2n) is 14.0. The van der Waals surface area contributed by atoms with Crippen LogP contribution < -0.4 is 0 Å². The molecule has 0 aromatic rings. The van der Waals surface area contributed by atoms with E-state index in [1.807, 2.05) is 0 Å². The Morgan fingerprint density at radius 2 is 1.85 bits per heavy atom. The number of aliphatic hydroxyl groups is 3. The number of epoxide rings is 1. The highest BCUT2D eigenvalue weighted by Crippen LogP contribution is 2.74. The molecule has 0 aromatic carbocycles. The minimum absolute atomic E-state index is 0.00192. The molecule has 0 aromatic heterocycles. The van der Waals surface area contributed by atoms with Gasteiger partial charge in [-0.05, 0) is 86.5 Å². The Hall–Kier alpha value is -1.07. The molecule has 3 N–H and O–H groups in total. The van der Waals surface area contributed by atoms with E-state index in [0.29, 0.717) is 18.4 Å². The molecule has 0 radical (unpaired) electrons. The second kappa shape index (κ2) is 8.96. The highest BCUT2D eigenvalue weighted by molar-refractivity contribution is 5.85. The first kappa shape index (κ1) is 26.8. The molecule has 0 amide bonds. The Morgan fingerprint density at radius 1 is 1.05 bits per heavy atom. The smallest absolute Gasteiger partial charge is 0.331 e. The van der Waals surface area contributed by atoms with E-state index in [0.717, 1.165) is 50.5 Å². The van der Waals surface area contributed by atoms with Gasteiger partial charge in [0.25, 0.3) is 0 Å². The standard InChI is InChI=1S/C30H44O9/c1-14-22(32)25(35-4)23(33)27(37-14)38-17-7-9-28(2)16(12-17)5-6-19-21(28)24-26(39-24)29(3)18(8-10-30(19,29)34)15-11-20(31)36-13-15/h11,14,16-19,21-27,32-34H,5-10,12-13H2,1-4H3/t14-,16+,17-,18-,19?,21?,22-,23+,24-,25+,26-,27-,28-,29-,30-/m0/s1. The molecule has 2 saturated heterocycles. The molecule has 4 aliphatic carbocycles. The van der Waals surface area contributed by atoms with Gasteiger partial charge < -0.3 is 39.0 Å². The Balaban J connectivity index is 1.09. The molecule has 218 valence electrons. The van der Waals surface area contributed by atoms with Crippen LogP contribution in [0.2, 0.25) is 0 Å². The Labute approximate surface area is 230 Å². The number of aliphatic hydroxyl groups excluding tert-OH is 2. The third-order valence-electron chi connectivity index (χ3n) is 12.6. The lowest BCUT2D eigenvalue weighted by Gasteiger charge is -2.62. The highest BCUT2D eigenvalue weighted by atomic mass is 16.7. The summed E-state index contributed by atoms with van der Waals surface area (Å²) < 4.78 is 29.4. The fraction of sp³-hybridized carbons (Fsp3) is 0.900. The molecule has 7 aliphatic rings. The van der Waals surface area contributed by atoms with E-state index in [1.165, 1.54) is 7.11 Å². The molecule has 3 heterocycles. The van der Waals surface area contributed by atoms with E-state index in [9.17, 15) is 20.1 Å². The number of methoxy groups -OCH3 is 1. The number of hydrogen-bond donors (Lipinski definition) is 3. The van der Waals surface area contributed by atoms with Gasteiger partial charge in [0.15, 0.2) is 6.29 Å². The molecule has 0 spiro atoms. The van der Waals surface area contributed by atoms with E-state index in [4.69, 9.17) is 23.7 Å². The summed E-state index contributed by atoms with van der Waals surface area (Å²) in [4.78, 5) is 11.9. The van der Waals surface area contributed by atoms with Gasteiger partial charge in [-0.15, -0.1) is 0 Å². The molecule has 9 heteroatoms. The molecule has 0 bridgehead atoms. The zero-order valence-electron chi connectivity index (χ0n) is 23.5. The summed E-state index contributed by atoms with van der Waals surface area (Å²) in [5, 5.41) is 33.6. The van der Waals surface area contributed by atoms with Crippen LogP contribution in [-0.4, -0.2) is 89.6 Å². The number of ether oxygens (including phenoxy) is 5. The van der Waals surface area contributed by atoms with Gasteiger partial charge in [0.05, 0.1) is 30.0 Å². The van der Waals surface area contributed by atoms with E-state index >= 15 is 0 Å². The first-order chi connectivity index (χ1) is 18.5. The number of hydrogen-bond acceptors (Lipinski definition) is 9. The van der Waals surface area contributed by atoms with E-state index in [1.54, 1.807) is 13.0 Å². The van der Waals surface area contributed by atoms with Crippen LogP contribution in [0, 0.1) is 34.5 Å². The van der Waals surface area contributed by atoms with Crippen molar-refractivity contribution in [3.05, 3.63) is 11.6 Å². The van der Waals surface area contributed by atoms with Crippen molar-refractivity contribution in [2.75, 3.05) is 13.7 Å². The number of cyclic esters (lactones) is 1. The molecule has 2 unspecified atom stereocenters. The van der Waals surface area contributed by atoms with Crippen molar-refractivity contribution >= 4 is 5.97 Å². The Morgan fingerprint density at radius 3 is 2.56 bits per heavy atom. The van der Waals surface area contributed by atoms with Gasteiger partial charge in [-0.2, -0.15) is 0 Å². The van der Waals surface area contributed by atoms with Crippen LogP contribution in [0.4, 0.5) is 0 Å². The molecule has 39 heavy (non-hydrogen) atoms. The molecular formula is C30H44O9. The van der Waals surface area contributed by atoms with Crippen molar-refractivity contribution < 1.29 is 43.8 Å². The second-order valence-corrected chi connectivity index (χ2v) is 14.0. The van der Waals surface area contributed by atoms with Crippen LogP contribution >= 0.6 is 0 Å². The van der Waals surface area contributed by atoms with Crippen molar-refractivity contribution in [2.45, 2.75) is 120 Å². The quantitative estimate of drug-likeness (QED) is 0.275. The first-order valence-corrected chi connectivity index (χ1v) is 15.0. The number of carbonyl (C=O) groups excluding carboxylic acids is 1. The molecule has 6 fully saturated rings. The lowest BCUT2D eigenvalue weighted by Crippen LogP contribution is -2.65. The average Bonchev–Trinajstić information content (AvgIpc) is 3.51. The van der Waals surface area contributed by atoms with Crippen LogP contribution in [0.5, 0.6) is 0 Å². The molecule has 3 aliphatic heterocycles. The van der Waals surface area contributed by atoms with Gasteiger partial charge in [0, 0.05) is 18.6 Å². The van der Waals surface area contributed by atoms with E-state index in [2.05, 4.69) is 13.8 Å². The van der Waals surface area contributed by atoms with E-state index in [-0.39, 0.29) is 41.5 Å². The lowest BCUT2D eigenvalue weighted by molar-refractivity contribution is -0.313. The van der Waals surface area contributed by atoms with Crippen molar-refractivity contribution in [3.63, 3.8) is 0 Å². The number of fused-ring (bicyclic) bond motifs is 8. The molecule has 15 atom stereocenters. The highest BCUT2D eigenvalue weighted by Gasteiger charge is 2.79. The summed E-state index contributed by atoms with van der Waals surface area (Å²) in [6.07, 6.45) is 3.98. The van der Waals surface area contributed by atoms with Gasteiger partial charge in [-0.3, -0.25) is 0 Å². The van der Waals surface area contributed by atoms with E-state index < -0.39 is 41.7 Å². The van der Waals surface area contributed by atoms with Crippen LogP contribution in [0.3, 0.4) is 0 Å². The average molecular weight is 549 g/mol. The molecular weight excluding hydrogens is 504 g/mol. The van der Waals surface area contributed by atoms with Crippen LogP contribution in [0.15, 0.2) is 11.6 Å².